The molecule has 0 N–H and O–H groups in total. The van der Waals surface area contributed by atoms with Gasteiger partial charge in [-0.15, -0.1) is 0 Å². The van der Waals surface area contributed by atoms with E-state index < -0.39 is 8.07 Å². The highest BCUT2D eigenvalue weighted by Crippen LogP contribution is 2.45. The van der Waals surface area contributed by atoms with Crippen molar-refractivity contribution in [1.82, 2.24) is 0 Å². The molecule has 0 aliphatic heterocycles. The van der Waals surface area contributed by atoms with E-state index in [1.165, 1.54) is 0 Å². The zero-order chi connectivity index (χ0) is 12.3. The molecule has 90 valence electrons. The normalized spacial score (nSPS) is 15.1. The molecule has 0 saturated carbocycles. The molecule has 0 aliphatic carbocycles. The average molecular weight is 228 g/mol. The zero-order valence-corrected chi connectivity index (χ0v) is 12.6. The van der Waals surface area contributed by atoms with Crippen LogP contribution < -0.4 is 0 Å². The molecule has 0 bridgehead atoms. The Morgan fingerprint density at radius 2 is 1.67 bits per heavy atom. The molecule has 15 heavy (non-hydrogen) atoms. The van der Waals surface area contributed by atoms with Gasteiger partial charge in [0.2, 0.25) is 0 Å². The van der Waals surface area contributed by atoms with Crippen molar-refractivity contribution in [3.05, 3.63) is 0 Å². The molecule has 0 aromatic heterocycles. The Balaban J connectivity index is 4.88. The molecule has 0 saturated heterocycles. The smallest absolute Gasteiger partial charge is 0.133 e. The van der Waals surface area contributed by atoms with Crippen LogP contribution in [0.5, 0.6) is 0 Å². The van der Waals surface area contributed by atoms with Crippen molar-refractivity contribution in [2.45, 2.75) is 77.6 Å². The van der Waals surface area contributed by atoms with Crippen molar-refractivity contribution in [2.24, 2.45) is 0 Å². The first-order valence-electron chi connectivity index (χ1n) is 6.21. The van der Waals surface area contributed by atoms with E-state index in [9.17, 15) is 4.79 Å². The van der Waals surface area contributed by atoms with E-state index in [4.69, 9.17) is 0 Å². The van der Waals surface area contributed by atoms with Gasteiger partial charge in [0, 0.05) is 12.0 Å². The number of carbonyl (C=O) groups is 1. The molecular weight excluding hydrogens is 200 g/mol. The van der Waals surface area contributed by atoms with Crippen LogP contribution in [0.2, 0.25) is 23.7 Å². The van der Waals surface area contributed by atoms with Crippen LogP contribution in [0.15, 0.2) is 0 Å². The van der Waals surface area contributed by atoms with Crippen molar-refractivity contribution >= 4 is 13.9 Å². The Labute approximate surface area is 96.7 Å². The van der Waals surface area contributed by atoms with Gasteiger partial charge in [-0.2, -0.15) is 0 Å². The lowest BCUT2D eigenvalue weighted by molar-refractivity contribution is -0.119. The number of rotatable bonds is 5. The molecule has 0 aliphatic rings. The molecule has 2 heteroatoms. The van der Waals surface area contributed by atoms with Crippen LogP contribution in [0.3, 0.4) is 0 Å². The third-order valence-corrected chi connectivity index (χ3v) is 10.4. The number of hydrogen-bond donors (Lipinski definition) is 0. The molecule has 0 heterocycles. The topological polar surface area (TPSA) is 17.1 Å². The molecule has 0 radical (unpaired) electrons. The van der Waals surface area contributed by atoms with Crippen molar-refractivity contribution in [3.63, 3.8) is 0 Å². The highest BCUT2D eigenvalue weighted by Gasteiger charge is 2.43. The molecule has 1 nitrogen and oxygen atoms in total. The maximum absolute atomic E-state index is 12.1. The minimum atomic E-state index is -1.48. The van der Waals surface area contributed by atoms with Crippen molar-refractivity contribution in [3.8, 4) is 0 Å². The van der Waals surface area contributed by atoms with Gasteiger partial charge in [0.25, 0.3) is 0 Å². The third kappa shape index (κ3) is 3.44. The van der Waals surface area contributed by atoms with Crippen LogP contribution >= 0.6 is 0 Å². The Morgan fingerprint density at radius 3 is 1.93 bits per heavy atom. The Bertz CT molecular complexity index is 213. The molecule has 0 amide bonds. The summed E-state index contributed by atoms with van der Waals surface area (Å²) in [6.45, 7) is 15.9. The van der Waals surface area contributed by atoms with Crippen LogP contribution in [-0.4, -0.2) is 13.9 Å². The fourth-order valence-corrected chi connectivity index (χ4v) is 5.10. The molecule has 0 rings (SSSR count). The van der Waals surface area contributed by atoms with Gasteiger partial charge in [0.05, 0.1) is 8.07 Å². The van der Waals surface area contributed by atoms with Gasteiger partial charge in [-0.1, -0.05) is 47.7 Å². The van der Waals surface area contributed by atoms with E-state index in [1.54, 1.807) is 0 Å². The van der Waals surface area contributed by atoms with Crippen LogP contribution in [0, 0.1) is 0 Å². The number of ketones is 1. The van der Waals surface area contributed by atoms with Gasteiger partial charge >= 0.3 is 0 Å². The summed E-state index contributed by atoms with van der Waals surface area (Å²) >= 11 is 0. The van der Waals surface area contributed by atoms with Gasteiger partial charge in [0.15, 0.2) is 0 Å². The van der Waals surface area contributed by atoms with E-state index in [0.29, 0.717) is 16.4 Å². The maximum Gasteiger partial charge on any atom is 0.133 e. The zero-order valence-electron chi connectivity index (χ0n) is 11.6. The van der Waals surface area contributed by atoms with E-state index in [1.807, 2.05) is 0 Å². The van der Waals surface area contributed by atoms with Gasteiger partial charge in [-0.25, -0.2) is 0 Å². The number of carbonyl (C=O) groups excluding carboxylic acids is 1. The number of Topliss-reactive ketones (excluding diaryl/α,β-unsaturated/α-hetero) is 1. The first kappa shape index (κ1) is 14.9. The first-order valence-corrected chi connectivity index (χ1v) is 9.28. The summed E-state index contributed by atoms with van der Waals surface area (Å²) < 4.78 is 0. The van der Waals surface area contributed by atoms with Crippen molar-refractivity contribution in [2.75, 3.05) is 0 Å². The van der Waals surface area contributed by atoms with Crippen LogP contribution in [0.1, 0.15) is 53.9 Å². The standard InChI is InChI=1S/C13H28OSi/c1-8-10-11(14)12(9-2)15(6,7)13(3,4)5/h12H,8-10H2,1-7H3/t12-/m1/s1. The highest BCUT2D eigenvalue weighted by molar-refractivity contribution is 6.84. The van der Waals surface area contributed by atoms with Gasteiger partial charge < -0.3 is 0 Å². The van der Waals surface area contributed by atoms with Crippen LogP contribution in [-0.2, 0) is 4.79 Å². The third-order valence-electron chi connectivity index (χ3n) is 4.10. The largest absolute Gasteiger partial charge is 0.300 e. The predicted octanol–water partition coefficient (Wildman–Crippen LogP) is 4.64. The minimum Gasteiger partial charge on any atom is -0.300 e. The molecule has 1 atom stereocenters. The molecule has 0 aromatic rings. The monoisotopic (exact) mass is 228 g/mol. The Hall–Kier alpha value is -0.113. The second kappa shape index (κ2) is 5.29. The van der Waals surface area contributed by atoms with Gasteiger partial charge in [-0.3, -0.25) is 4.79 Å². The van der Waals surface area contributed by atoms with Crippen LogP contribution in [0.4, 0.5) is 0 Å². The fraction of sp³-hybridized carbons (Fsp3) is 0.923. The average Bonchev–Trinajstić information content (AvgIpc) is 2.03. The number of hydrogen-bond acceptors (Lipinski definition) is 1. The lowest BCUT2D eigenvalue weighted by atomic mass is 10.1. The summed E-state index contributed by atoms with van der Waals surface area (Å²) in [6.07, 6.45) is 2.78. The lowest BCUT2D eigenvalue weighted by Gasteiger charge is -2.42. The molecule has 0 fully saturated rings. The van der Waals surface area contributed by atoms with Crippen molar-refractivity contribution in [1.29, 1.82) is 0 Å². The van der Waals surface area contributed by atoms with Crippen molar-refractivity contribution < 1.29 is 4.79 Å². The summed E-state index contributed by atoms with van der Waals surface area (Å²) in [5.41, 5.74) is 0.345. The molecule has 0 spiro atoms. The SMILES string of the molecule is CCCC(=O)[C@@H](CC)[Si](C)(C)C(C)(C)C. The highest BCUT2D eigenvalue weighted by atomic mass is 28.3. The summed E-state index contributed by atoms with van der Waals surface area (Å²) in [4.78, 5) is 12.1. The van der Waals surface area contributed by atoms with E-state index >= 15 is 0 Å². The first-order chi connectivity index (χ1) is 6.68. The fourth-order valence-electron chi connectivity index (χ4n) is 2.08. The second-order valence-corrected chi connectivity index (χ2v) is 11.8. The summed E-state index contributed by atoms with van der Waals surface area (Å²) in [5.74, 6) is 0.506. The van der Waals surface area contributed by atoms with E-state index in [2.05, 4.69) is 47.7 Å². The second-order valence-electron chi connectivity index (χ2n) is 6.15. The van der Waals surface area contributed by atoms with Crippen LogP contribution in [0.25, 0.3) is 0 Å². The summed E-state index contributed by atoms with van der Waals surface area (Å²) in [5, 5.41) is 0.317. The molecular formula is C13H28OSi. The summed E-state index contributed by atoms with van der Waals surface area (Å²) in [7, 11) is -1.48. The maximum atomic E-state index is 12.1. The molecule has 0 unspecified atom stereocenters. The molecule has 0 aromatic carbocycles. The lowest BCUT2D eigenvalue weighted by Crippen LogP contribution is -2.45. The Morgan fingerprint density at radius 1 is 1.20 bits per heavy atom. The Kier molecular flexibility index (Phi) is 5.25. The minimum absolute atomic E-state index is 0.317. The van der Waals surface area contributed by atoms with E-state index in [-0.39, 0.29) is 0 Å². The van der Waals surface area contributed by atoms with Gasteiger partial charge in [-0.05, 0) is 17.9 Å². The van der Waals surface area contributed by atoms with Gasteiger partial charge in [0.1, 0.15) is 5.78 Å². The predicted molar refractivity (Wildman–Crippen MR) is 71.2 cm³/mol. The van der Waals surface area contributed by atoms with E-state index in [0.717, 1.165) is 19.3 Å². The summed E-state index contributed by atoms with van der Waals surface area (Å²) in [6, 6.07) is 0. The quantitative estimate of drug-likeness (QED) is 0.626.